The minimum absolute atomic E-state index is 0.0926. The zero-order valence-corrected chi connectivity index (χ0v) is 21.1. The number of hydrogen-bond donors (Lipinski definition) is 4. The zero-order chi connectivity index (χ0) is 28.3. The highest BCUT2D eigenvalue weighted by Gasteiger charge is 2.46. The summed E-state index contributed by atoms with van der Waals surface area (Å²) in [5.41, 5.74) is 1.37. The number of benzene rings is 2. The van der Waals surface area contributed by atoms with E-state index in [1.807, 2.05) is 12.1 Å². The van der Waals surface area contributed by atoms with E-state index in [2.05, 4.69) is 20.9 Å². The van der Waals surface area contributed by atoms with Crippen molar-refractivity contribution in [1.82, 2.24) is 10.3 Å². The molecule has 2 aromatic carbocycles. The van der Waals surface area contributed by atoms with Crippen molar-refractivity contribution >= 4 is 23.3 Å². The Hall–Kier alpha value is -4.16. The summed E-state index contributed by atoms with van der Waals surface area (Å²) in [5.74, 6) is 0.195. The van der Waals surface area contributed by atoms with Crippen LogP contribution < -0.4 is 20.7 Å². The van der Waals surface area contributed by atoms with E-state index in [-0.39, 0.29) is 37.1 Å². The third kappa shape index (κ3) is 6.35. The number of nitrogens with zero attached hydrogens (tertiary/aromatic N) is 1. The second kappa shape index (κ2) is 11.5. The van der Waals surface area contributed by atoms with Crippen LogP contribution in [0.3, 0.4) is 0 Å². The van der Waals surface area contributed by atoms with Crippen LogP contribution in [-0.4, -0.2) is 46.9 Å². The number of anilines is 2. The maximum absolute atomic E-state index is 12.8. The molecule has 1 aromatic heterocycles. The Morgan fingerprint density at radius 1 is 1.02 bits per heavy atom. The molecule has 0 aliphatic carbocycles. The number of halogens is 3. The molecule has 0 radical (unpaired) electrons. The first-order valence-electron chi connectivity index (χ1n) is 12.7. The van der Waals surface area contributed by atoms with Crippen LogP contribution in [0.25, 0.3) is 0 Å². The fraction of sp³-hybridized carbons (Fsp3) is 0.321. The van der Waals surface area contributed by atoms with E-state index in [0.717, 1.165) is 23.4 Å². The van der Waals surface area contributed by atoms with Gasteiger partial charge in [0.05, 0.1) is 36.9 Å². The van der Waals surface area contributed by atoms with Gasteiger partial charge in [-0.25, -0.2) is 4.79 Å². The first-order chi connectivity index (χ1) is 19.2. The van der Waals surface area contributed by atoms with Crippen molar-refractivity contribution in [3.8, 4) is 5.75 Å². The van der Waals surface area contributed by atoms with Gasteiger partial charge in [-0.05, 0) is 61.0 Å². The Morgan fingerprint density at radius 3 is 2.48 bits per heavy atom. The van der Waals surface area contributed by atoms with Crippen molar-refractivity contribution in [2.45, 2.75) is 49.8 Å². The third-order valence-corrected chi connectivity index (χ3v) is 6.83. The molecule has 12 heteroatoms. The van der Waals surface area contributed by atoms with E-state index >= 15 is 0 Å². The Labute approximate surface area is 227 Å². The normalized spacial score (nSPS) is 21.5. The highest BCUT2D eigenvalue weighted by Crippen LogP contribution is 2.47. The van der Waals surface area contributed by atoms with Crippen molar-refractivity contribution in [3.05, 3.63) is 83.7 Å². The number of carbonyl (C=O) groups is 2. The number of ether oxygens (including phenoxy) is 2. The number of rotatable bonds is 7. The number of aromatic nitrogens is 1. The predicted octanol–water partition coefficient (Wildman–Crippen LogP) is 4.45. The molecule has 210 valence electrons. The number of alkyl halides is 3. The number of pyridine rings is 1. The summed E-state index contributed by atoms with van der Waals surface area (Å²) < 4.78 is 50.4. The van der Waals surface area contributed by atoms with Gasteiger partial charge in [0.15, 0.2) is 0 Å². The number of hydrogen-bond acceptors (Lipinski definition) is 6. The van der Waals surface area contributed by atoms with Gasteiger partial charge in [-0.3, -0.25) is 9.78 Å². The molecule has 0 bridgehead atoms. The summed E-state index contributed by atoms with van der Waals surface area (Å²) >= 11 is 0. The highest BCUT2D eigenvalue weighted by molar-refractivity contribution is 5.99. The molecule has 2 aliphatic rings. The number of carbonyl (C=O) groups excluding carboxylic acids is 2. The highest BCUT2D eigenvalue weighted by atomic mass is 19.4. The van der Waals surface area contributed by atoms with Gasteiger partial charge in [0.2, 0.25) is 5.91 Å². The molecule has 1 fully saturated rings. The molecule has 5 rings (SSSR count). The molecule has 0 unspecified atom stereocenters. The van der Waals surface area contributed by atoms with Gasteiger partial charge in [0, 0.05) is 29.1 Å². The summed E-state index contributed by atoms with van der Waals surface area (Å²) in [6.45, 7) is -0.000756. The lowest BCUT2D eigenvalue weighted by atomic mass is 9.84. The molecule has 4 N–H and O–H groups in total. The number of fused-ring (bicyclic) bond motifs is 3. The van der Waals surface area contributed by atoms with Gasteiger partial charge in [0.25, 0.3) is 0 Å². The SMILES string of the molecule is O=C(C[C@@H]1C[C@@H]2c3cc(NC(=O)Nc4ccc(C(F)(F)F)cc4)ccc3O[C@@H]2[C@H](CO)O1)NCc1ccccn1. The van der Waals surface area contributed by atoms with E-state index < -0.39 is 36.1 Å². The monoisotopic (exact) mass is 556 g/mol. The summed E-state index contributed by atoms with van der Waals surface area (Å²) in [6, 6.07) is 14.0. The van der Waals surface area contributed by atoms with Crippen LogP contribution in [0, 0.1) is 0 Å². The molecular weight excluding hydrogens is 529 g/mol. The van der Waals surface area contributed by atoms with Crippen molar-refractivity contribution in [2.24, 2.45) is 0 Å². The van der Waals surface area contributed by atoms with E-state index in [4.69, 9.17) is 9.47 Å². The van der Waals surface area contributed by atoms with Crippen LogP contribution in [0.5, 0.6) is 5.75 Å². The van der Waals surface area contributed by atoms with Crippen molar-refractivity contribution < 1.29 is 37.3 Å². The number of aliphatic hydroxyl groups is 1. The van der Waals surface area contributed by atoms with Crippen LogP contribution >= 0.6 is 0 Å². The lowest BCUT2D eigenvalue weighted by molar-refractivity contribution is -0.142. The van der Waals surface area contributed by atoms with Crippen LogP contribution in [0.2, 0.25) is 0 Å². The topological polar surface area (TPSA) is 122 Å². The Morgan fingerprint density at radius 2 is 1.77 bits per heavy atom. The molecule has 9 nitrogen and oxygen atoms in total. The van der Waals surface area contributed by atoms with Crippen LogP contribution in [0.1, 0.15) is 35.6 Å². The van der Waals surface area contributed by atoms with Crippen LogP contribution in [0.4, 0.5) is 29.3 Å². The number of nitrogens with one attached hydrogen (secondary N) is 3. The smallest absolute Gasteiger partial charge is 0.416 e. The summed E-state index contributed by atoms with van der Waals surface area (Å²) in [6.07, 6.45) is -3.81. The second-order valence-corrected chi connectivity index (χ2v) is 9.61. The number of aliphatic hydroxyl groups excluding tert-OH is 1. The second-order valence-electron chi connectivity index (χ2n) is 9.61. The van der Waals surface area contributed by atoms with Crippen LogP contribution in [0.15, 0.2) is 66.9 Å². The first-order valence-corrected chi connectivity index (χ1v) is 12.7. The van der Waals surface area contributed by atoms with Crippen LogP contribution in [-0.2, 0) is 22.3 Å². The van der Waals surface area contributed by atoms with Gasteiger partial charge >= 0.3 is 12.2 Å². The maximum Gasteiger partial charge on any atom is 0.416 e. The van der Waals surface area contributed by atoms with Crippen molar-refractivity contribution in [3.63, 3.8) is 0 Å². The third-order valence-electron chi connectivity index (χ3n) is 6.83. The minimum atomic E-state index is -4.47. The standard InChI is InChI=1S/C28H27F3N4O5/c29-28(30,31)16-4-6-17(7-5-16)34-27(38)35-18-8-9-23-21(11-18)22-12-20(39-24(15-36)26(22)40-23)13-25(37)33-14-19-3-1-2-10-32-19/h1-11,20,22,24,26,36H,12-15H2,(H,33,37)(H2,34,35,38)/t20-,22+,24-,26-/m0/s1. The van der Waals surface area contributed by atoms with E-state index in [1.165, 1.54) is 12.1 Å². The Kier molecular flexibility index (Phi) is 7.90. The van der Waals surface area contributed by atoms with Gasteiger partial charge < -0.3 is 30.5 Å². The molecule has 0 spiro atoms. The molecule has 3 aromatic rings. The van der Waals surface area contributed by atoms with E-state index in [0.29, 0.717) is 17.9 Å². The predicted molar refractivity (Wildman–Crippen MR) is 139 cm³/mol. The Balaban J connectivity index is 1.22. The van der Waals surface area contributed by atoms with Gasteiger partial charge in [-0.2, -0.15) is 13.2 Å². The average Bonchev–Trinajstić information content (AvgIpc) is 3.30. The Bertz CT molecular complexity index is 1350. The molecule has 3 heterocycles. The molecule has 0 saturated carbocycles. The molecule has 4 atom stereocenters. The molecular formula is C28H27F3N4O5. The van der Waals surface area contributed by atoms with Crippen molar-refractivity contribution in [2.75, 3.05) is 17.2 Å². The maximum atomic E-state index is 12.8. The number of amides is 3. The van der Waals surface area contributed by atoms with E-state index in [9.17, 15) is 27.9 Å². The van der Waals surface area contributed by atoms with Crippen molar-refractivity contribution in [1.29, 1.82) is 0 Å². The molecule has 2 aliphatic heterocycles. The summed E-state index contributed by atoms with van der Waals surface area (Å²) in [5, 5.41) is 18.0. The molecule has 40 heavy (non-hydrogen) atoms. The summed E-state index contributed by atoms with van der Waals surface area (Å²) in [4.78, 5) is 29.3. The quantitative estimate of drug-likeness (QED) is 0.341. The van der Waals surface area contributed by atoms with Gasteiger partial charge in [0.1, 0.15) is 18.0 Å². The lowest BCUT2D eigenvalue weighted by Gasteiger charge is -2.37. The minimum Gasteiger partial charge on any atom is -0.487 e. The fourth-order valence-corrected chi connectivity index (χ4v) is 4.97. The fourth-order valence-electron chi connectivity index (χ4n) is 4.97. The number of urea groups is 1. The first kappa shape index (κ1) is 27.4. The molecule has 3 amide bonds. The van der Waals surface area contributed by atoms with Gasteiger partial charge in [-0.15, -0.1) is 0 Å². The largest absolute Gasteiger partial charge is 0.487 e. The lowest BCUT2D eigenvalue weighted by Crippen LogP contribution is -2.47. The molecule has 1 saturated heterocycles. The average molecular weight is 557 g/mol. The van der Waals surface area contributed by atoms with Gasteiger partial charge in [-0.1, -0.05) is 6.07 Å². The van der Waals surface area contributed by atoms with E-state index in [1.54, 1.807) is 30.5 Å². The summed E-state index contributed by atoms with van der Waals surface area (Å²) in [7, 11) is 0. The zero-order valence-electron chi connectivity index (χ0n) is 21.1.